The molecular formula is C20H18ClF2N3O3. The van der Waals surface area contributed by atoms with Gasteiger partial charge >= 0.3 is 5.97 Å². The Hall–Kier alpha value is -2.87. The number of hydrogen-bond donors (Lipinski definition) is 0. The van der Waals surface area contributed by atoms with Crippen LogP contribution in [-0.4, -0.2) is 26.4 Å². The maximum atomic E-state index is 13.9. The van der Waals surface area contributed by atoms with Crippen LogP contribution in [0.3, 0.4) is 0 Å². The third kappa shape index (κ3) is 4.12. The molecule has 0 radical (unpaired) electrons. The van der Waals surface area contributed by atoms with Crippen molar-refractivity contribution in [1.29, 1.82) is 0 Å². The summed E-state index contributed by atoms with van der Waals surface area (Å²) < 4.78 is 34.1. The van der Waals surface area contributed by atoms with Gasteiger partial charge in [-0.05, 0) is 30.7 Å². The van der Waals surface area contributed by atoms with Gasteiger partial charge in [-0.3, -0.25) is 14.6 Å². The normalized spacial score (nSPS) is 12.8. The second-order valence-corrected chi connectivity index (χ2v) is 7.25. The molecule has 0 N–H and O–H groups in total. The zero-order chi connectivity index (χ0) is 21.5. The topological polar surface area (TPSA) is 74.1 Å². The Labute approximate surface area is 170 Å². The number of carbonyl (C=O) groups excluding carboxylic acids is 1. The zero-order valence-electron chi connectivity index (χ0n) is 16.2. The second-order valence-electron chi connectivity index (χ2n) is 6.86. The molecule has 152 valence electrons. The highest BCUT2D eigenvalue weighted by molar-refractivity contribution is 6.30. The van der Waals surface area contributed by atoms with Crippen molar-refractivity contribution in [3.8, 4) is 11.1 Å². The van der Waals surface area contributed by atoms with Crippen molar-refractivity contribution in [3.05, 3.63) is 57.4 Å². The number of alkyl halides is 2. The fourth-order valence-corrected chi connectivity index (χ4v) is 3.28. The Bertz CT molecular complexity index is 1170. The van der Waals surface area contributed by atoms with Gasteiger partial charge < -0.3 is 9.30 Å². The molecule has 0 aliphatic carbocycles. The van der Waals surface area contributed by atoms with Crippen LogP contribution in [0.1, 0.15) is 31.2 Å². The minimum absolute atomic E-state index is 0.0972. The Morgan fingerprint density at radius 1 is 1.21 bits per heavy atom. The van der Waals surface area contributed by atoms with Gasteiger partial charge in [-0.15, -0.1) is 0 Å². The van der Waals surface area contributed by atoms with Crippen molar-refractivity contribution in [2.75, 3.05) is 0 Å². The van der Waals surface area contributed by atoms with E-state index in [1.165, 1.54) is 16.8 Å². The van der Waals surface area contributed by atoms with Crippen molar-refractivity contribution in [1.82, 2.24) is 14.5 Å². The lowest BCUT2D eigenvalue weighted by molar-refractivity contribution is -0.169. The lowest BCUT2D eigenvalue weighted by atomic mass is 10.00. The van der Waals surface area contributed by atoms with E-state index >= 15 is 0 Å². The first-order valence-electron chi connectivity index (χ1n) is 8.66. The first-order chi connectivity index (χ1) is 13.5. The van der Waals surface area contributed by atoms with E-state index in [0.717, 1.165) is 6.92 Å². The van der Waals surface area contributed by atoms with Gasteiger partial charge in [0.25, 0.3) is 11.5 Å². The molecule has 9 heteroatoms. The average molecular weight is 422 g/mol. The SMILES string of the molecule is CC(=O)OC(c1cc(C)c(-c2cc3cnc(Cl)cc3n(C)c2=O)cn1)C(C)(F)F. The van der Waals surface area contributed by atoms with Crippen LogP contribution in [0, 0.1) is 6.92 Å². The number of ether oxygens (including phenoxy) is 1. The minimum Gasteiger partial charge on any atom is -0.450 e. The number of halogens is 3. The molecule has 0 aromatic carbocycles. The molecule has 1 atom stereocenters. The molecule has 0 saturated carbocycles. The first-order valence-corrected chi connectivity index (χ1v) is 9.04. The van der Waals surface area contributed by atoms with E-state index in [1.807, 2.05) is 0 Å². The molecule has 6 nitrogen and oxygen atoms in total. The van der Waals surface area contributed by atoms with E-state index in [2.05, 4.69) is 9.97 Å². The van der Waals surface area contributed by atoms with E-state index in [0.29, 0.717) is 34.5 Å². The van der Waals surface area contributed by atoms with E-state index in [1.54, 1.807) is 32.3 Å². The highest BCUT2D eigenvalue weighted by atomic mass is 35.5. The van der Waals surface area contributed by atoms with Crippen LogP contribution >= 0.6 is 11.6 Å². The molecule has 0 aliphatic rings. The monoisotopic (exact) mass is 421 g/mol. The molecule has 3 heterocycles. The maximum absolute atomic E-state index is 13.9. The van der Waals surface area contributed by atoms with Crippen LogP contribution in [0.5, 0.6) is 0 Å². The molecule has 3 aromatic heterocycles. The quantitative estimate of drug-likeness (QED) is 0.466. The Kier molecular flexibility index (Phi) is 5.40. The van der Waals surface area contributed by atoms with E-state index in [-0.39, 0.29) is 16.4 Å². The lowest BCUT2D eigenvalue weighted by Crippen LogP contribution is -2.27. The number of fused-ring (bicyclic) bond motifs is 1. The number of esters is 1. The smallest absolute Gasteiger partial charge is 0.303 e. The van der Waals surface area contributed by atoms with E-state index < -0.39 is 18.0 Å². The van der Waals surface area contributed by atoms with Gasteiger partial charge in [0.15, 0.2) is 0 Å². The Balaban J connectivity index is 2.14. The second kappa shape index (κ2) is 7.51. The fraction of sp³-hybridized carbons (Fsp3) is 0.300. The predicted molar refractivity (Wildman–Crippen MR) is 105 cm³/mol. The van der Waals surface area contributed by atoms with Gasteiger partial charge in [-0.25, -0.2) is 13.8 Å². The van der Waals surface area contributed by atoms with E-state index in [4.69, 9.17) is 16.3 Å². The molecule has 3 aromatic rings. The number of hydrogen-bond acceptors (Lipinski definition) is 5. The molecule has 3 rings (SSSR count). The predicted octanol–water partition coefficient (Wildman–Crippen LogP) is 4.22. The molecule has 0 saturated heterocycles. The van der Waals surface area contributed by atoms with Crippen molar-refractivity contribution in [2.24, 2.45) is 7.05 Å². The molecule has 0 aliphatic heterocycles. The molecule has 0 bridgehead atoms. The lowest BCUT2D eigenvalue weighted by Gasteiger charge is -2.23. The summed E-state index contributed by atoms with van der Waals surface area (Å²) in [4.78, 5) is 32.2. The highest BCUT2D eigenvalue weighted by Crippen LogP contribution is 2.35. The highest BCUT2D eigenvalue weighted by Gasteiger charge is 2.39. The standard InChI is InChI=1S/C20H18ClF2N3O3/c1-10-5-15(18(20(3,22)23)29-11(2)27)24-9-14(10)13-6-12-8-25-17(21)7-16(12)26(4)19(13)28/h5-9,18H,1-4H3. The van der Waals surface area contributed by atoms with Crippen LogP contribution in [0.25, 0.3) is 22.0 Å². The molecule has 29 heavy (non-hydrogen) atoms. The van der Waals surface area contributed by atoms with Crippen molar-refractivity contribution < 1.29 is 18.3 Å². The van der Waals surface area contributed by atoms with Gasteiger partial charge in [0.2, 0.25) is 6.10 Å². The van der Waals surface area contributed by atoms with Crippen LogP contribution in [0.15, 0.2) is 35.4 Å². The minimum atomic E-state index is -3.32. The third-order valence-corrected chi connectivity index (χ3v) is 4.72. The first kappa shape index (κ1) is 20.9. The Morgan fingerprint density at radius 2 is 1.90 bits per heavy atom. The van der Waals surface area contributed by atoms with Gasteiger partial charge in [0.1, 0.15) is 5.15 Å². The van der Waals surface area contributed by atoms with Crippen LogP contribution in [-0.2, 0) is 16.6 Å². The fourth-order valence-electron chi connectivity index (χ4n) is 3.13. The summed E-state index contributed by atoms with van der Waals surface area (Å²) >= 11 is 5.91. The van der Waals surface area contributed by atoms with Crippen LogP contribution in [0.2, 0.25) is 5.15 Å². The molecule has 0 amide bonds. The number of rotatable bonds is 4. The van der Waals surface area contributed by atoms with Crippen LogP contribution in [0.4, 0.5) is 8.78 Å². The van der Waals surface area contributed by atoms with Crippen LogP contribution < -0.4 is 5.56 Å². The van der Waals surface area contributed by atoms with Gasteiger partial charge in [-0.1, -0.05) is 11.6 Å². The van der Waals surface area contributed by atoms with Gasteiger partial charge in [0.05, 0.1) is 11.2 Å². The molecule has 0 fully saturated rings. The number of aromatic nitrogens is 3. The number of aryl methyl sites for hydroxylation is 2. The Morgan fingerprint density at radius 3 is 2.48 bits per heavy atom. The summed E-state index contributed by atoms with van der Waals surface area (Å²) in [6.45, 7) is 3.38. The molecule has 1 unspecified atom stereocenters. The number of carbonyl (C=O) groups is 1. The zero-order valence-corrected chi connectivity index (χ0v) is 16.9. The molecule has 0 spiro atoms. The summed E-state index contributed by atoms with van der Waals surface area (Å²) in [5.41, 5.74) is 1.58. The number of nitrogens with zero attached hydrogens (tertiary/aromatic N) is 3. The summed E-state index contributed by atoms with van der Waals surface area (Å²) in [5, 5.41) is 0.951. The summed E-state index contributed by atoms with van der Waals surface area (Å²) in [5.74, 6) is -4.16. The van der Waals surface area contributed by atoms with Crippen molar-refractivity contribution >= 4 is 28.5 Å². The van der Waals surface area contributed by atoms with Gasteiger partial charge in [-0.2, -0.15) is 0 Å². The average Bonchev–Trinajstić information content (AvgIpc) is 2.62. The summed E-state index contributed by atoms with van der Waals surface area (Å²) in [6.07, 6.45) is 1.06. The third-order valence-electron chi connectivity index (χ3n) is 4.51. The van der Waals surface area contributed by atoms with Crippen molar-refractivity contribution in [3.63, 3.8) is 0 Å². The van der Waals surface area contributed by atoms with Gasteiger partial charge in [0, 0.05) is 49.8 Å². The summed E-state index contributed by atoms with van der Waals surface area (Å²) in [6, 6.07) is 4.63. The largest absolute Gasteiger partial charge is 0.450 e. The van der Waals surface area contributed by atoms with E-state index in [9.17, 15) is 18.4 Å². The molecular weight excluding hydrogens is 404 g/mol. The summed E-state index contributed by atoms with van der Waals surface area (Å²) in [7, 11) is 1.61. The maximum Gasteiger partial charge on any atom is 0.303 e. The van der Waals surface area contributed by atoms with Crippen molar-refractivity contribution in [2.45, 2.75) is 32.8 Å². The number of pyridine rings is 3.